The minimum atomic E-state index is -3.56. The third-order valence-corrected chi connectivity index (χ3v) is 16.8. The first kappa shape index (κ1) is 108. The van der Waals surface area contributed by atoms with E-state index in [2.05, 4.69) is 18.9 Å². The fraction of sp³-hybridized carbons (Fsp3) is 0.415. The van der Waals surface area contributed by atoms with Gasteiger partial charge >= 0.3 is 0 Å². The first-order valence-electron chi connectivity index (χ1n) is 35.8. The quantitative estimate of drug-likeness (QED) is 0.0815. The first-order valence-corrected chi connectivity index (χ1v) is 41.7. The number of aryl methyl sites for hydroxylation is 6. The summed E-state index contributed by atoms with van der Waals surface area (Å²) in [6.07, 6.45) is 0. The molecule has 0 saturated heterocycles. The predicted molar refractivity (Wildman–Crippen MR) is 448 cm³/mol. The summed E-state index contributed by atoms with van der Waals surface area (Å²) < 4.78 is 108. The Hall–Kier alpha value is -7.64. The fourth-order valence-corrected chi connectivity index (χ4v) is 11.7. The van der Waals surface area contributed by atoms with E-state index in [1.807, 2.05) is 306 Å². The van der Waals surface area contributed by atoms with Gasteiger partial charge in [-0.15, -0.1) is 0 Å². The number of nitrogens with one attached hydrogen (secondary N) is 4. The van der Waals surface area contributed by atoms with Crippen molar-refractivity contribution in [1.29, 1.82) is 0 Å². The lowest BCUT2D eigenvalue weighted by Crippen LogP contribution is -2.17. The summed E-state index contributed by atoms with van der Waals surface area (Å²) in [6.45, 7) is 59.6. The van der Waals surface area contributed by atoms with Crippen LogP contribution >= 0.6 is 0 Å². The van der Waals surface area contributed by atoms with Crippen molar-refractivity contribution in [3.8, 4) is 0 Å². The van der Waals surface area contributed by atoms with E-state index >= 15 is 0 Å². The minimum Gasteiger partial charge on any atom is -0.376 e. The summed E-state index contributed by atoms with van der Waals surface area (Å²) >= 11 is 0. The van der Waals surface area contributed by atoms with Crippen molar-refractivity contribution in [2.45, 2.75) is 227 Å². The molecule has 0 unspecified atom stereocenters. The average Bonchev–Trinajstić information content (AvgIpc) is 0.838. The van der Waals surface area contributed by atoms with Crippen LogP contribution in [0.3, 0.4) is 0 Å². The van der Waals surface area contributed by atoms with Gasteiger partial charge in [-0.25, -0.2) is 33.7 Å². The first-order chi connectivity index (χ1) is 47.8. The molecule has 0 fully saturated rings. The lowest BCUT2D eigenvalue weighted by atomic mass is 10.1. The molecule has 0 aliphatic rings. The van der Waals surface area contributed by atoms with Crippen LogP contribution in [0.2, 0.25) is 0 Å². The van der Waals surface area contributed by atoms with Crippen LogP contribution < -0.4 is 28.7 Å². The van der Waals surface area contributed by atoms with Gasteiger partial charge in [0.1, 0.15) is 0 Å². The standard InChI is InChI=1S/2C15H18N2O2S.2C14H15NO2S.12C2H6/c1-12-9-10-15(17(2)3)14(11-12)16-20(18,19)13-7-5-4-6-8-13;1-12-9-10-14(15(11-12)17(2)3)16-20(18,19)13-7-5-4-6-8-13;1-11-8-9-14(12(2)10-11)15-18(16,17)13-6-4-3-5-7-13;1-11-8-9-12(2)14(10-11)15-18(16,17)13-6-4-3-5-7-13;12*1-2/h2*4-11,16H,1-3H3;2*3-10,15H,1-2H3;12*1-2H3. The summed E-state index contributed by atoms with van der Waals surface area (Å²) in [5.41, 5.74) is 10.1. The molecule has 8 aromatic carbocycles. The Kier molecular flexibility index (Phi) is 71.4. The molecule has 0 heterocycles. The molecule has 18 heteroatoms. The van der Waals surface area contributed by atoms with Crippen LogP contribution in [0.1, 0.15) is 200 Å². The summed E-state index contributed by atoms with van der Waals surface area (Å²) in [6, 6.07) is 56.0. The lowest BCUT2D eigenvalue weighted by molar-refractivity contribution is 0.599. The van der Waals surface area contributed by atoms with E-state index in [1.165, 1.54) is 0 Å². The lowest BCUT2D eigenvalue weighted by Gasteiger charge is -2.19. The average molecular weight is 1460 g/mol. The molecule has 0 saturated carbocycles. The van der Waals surface area contributed by atoms with Gasteiger partial charge in [-0.2, -0.15) is 0 Å². The fourth-order valence-electron chi connectivity index (χ4n) is 7.21. The molecule has 0 radical (unpaired) electrons. The number of hydrogen-bond donors (Lipinski definition) is 4. The maximum atomic E-state index is 12.4. The minimum absolute atomic E-state index is 0.255. The molecule has 0 aromatic heterocycles. The molecule has 8 rings (SSSR count). The third kappa shape index (κ3) is 43.8. The molecule has 0 aliphatic carbocycles. The zero-order chi connectivity index (χ0) is 79.8. The topological polar surface area (TPSA) is 191 Å². The monoisotopic (exact) mass is 1460 g/mol. The Labute approximate surface area is 615 Å². The number of nitrogens with zero attached hydrogens (tertiary/aromatic N) is 2. The second-order valence-electron chi connectivity index (χ2n) is 18.1. The van der Waals surface area contributed by atoms with E-state index in [9.17, 15) is 33.7 Å². The Morgan fingerprint density at radius 2 is 0.450 bits per heavy atom. The molecule has 4 N–H and O–H groups in total. The van der Waals surface area contributed by atoms with Gasteiger partial charge in [-0.3, -0.25) is 18.9 Å². The Morgan fingerprint density at radius 3 is 0.750 bits per heavy atom. The van der Waals surface area contributed by atoms with Gasteiger partial charge in [-0.05, 0) is 154 Å². The van der Waals surface area contributed by atoms with Crippen molar-refractivity contribution >= 4 is 74.2 Å². The highest BCUT2D eigenvalue weighted by molar-refractivity contribution is 7.93. The Bertz CT molecular complexity index is 3670. The summed E-state index contributed by atoms with van der Waals surface area (Å²) in [7, 11) is -6.59. The van der Waals surface area contributed by atoms with Crippen molar-refractivity contribution in [2.24, 2.45) is 0 Å². The molecule has 8 aromatic rings. The SMILES string of the molecule is CC.CC.CC.CC.CC.CC.CC.CC.CC.CC.CC.CC.Cc1ccc(C)c(NS(=O)(=O)c2ccccc2)c1.Cc1ccc(N(C)C)c(NS(=O)(=O)c2ccccc2)c1.Cc1ccc(NS(=O)(=O)c2ccccc2)c(C)c1.Cc1ccc(NS(=O)(=O)c2ccccc2)c(N(C)C)c1. The highest BCUT2D eigenvalue weighted by atomic mass is 32.2. The predicted octanol–water partition coefficient (Wildman–Crippen LogP) is 24.2. The van der Waals surface area contributed by atoms with E-state index in [4.69, 9.17) is 0 Å². The van der Waals surface area contributed by atoms with Crippen LogP contribution in [0.4, 0.5) is 34.1 Å². The second kappa shape index (κ2) is 65.9. The molecule has 0 atom stereocenters. The molecule has 14 nitrogen and oxygen atoms in total. The summed E-state index contributed by atoms with van der Waals surface area (Å²) in [5, 5.41) is 0. The van der Waals surface area contributed by atoms with Gasteiger partial charge in [0, 0.05) is 28.2 Å². The number of benzene rings is 8. The van der Waals surface area contributed by atoms with Crippen molar-refractivity contribution < 1.29 is 33.7 Å². The third-order valence-electron chi connectivity index (χ3n) is 11.2. The summed E-state index contributed by atoms with van der Waals surface area (Å²) in [4.78, 5) is 4.81. The molecular weight excluding hydrogens is 1330 g/mol. The van der Waals surface area contributed by atoms with Gasteiger partial charge in [0.05, 0.1) is 53.7 Å². The number of sulfonamides is 4. The van der Waals surface area contributed by atoms with Gasteiger partial charge in [0.15, 0.2) is 0 Å². The van der Waals surface area contributed by atoms with Gasteiger partial charge in [-0.1, -0.05) is 281 Å². The normalized spacial score (nSPS) is 9.22. The molecule has 0 amide bonds. The van der Waals surface area contributed by atoms with Gasteiger partial charge in [0.2, 0.25) is 0 Å². The molecule has 0 aliphatic heterocycles. The summed E-state index contributed by atoms with van der Waals surface area (Å²) in [5.74, 6) is 0. The van der Waals surface area contributed by atoms with Crippen LogP contribution in [0, 0.1) is 41.5 Å². The molecule has 100 heavy (non-hydrogen) atoms. The van der Waals surface area contributed by atoms with Crippen LogP contribution in [0.25, 0.3) is 0 Å². The van der Waals surface area contributed by atoms with Gasteiger partial charge in [0.25, 0.3) is 40.1 Å². The Balaban J connectivity index is -0.000000170. The van der Waals surface area contributed by atoms with Crippen molar-refractivity contribution in [1.82, 2.24) is 0 Å². The number of anilines is 6. The van der Waals surface area contributed by atoms with Crippen LogP contribution in [0.15, 0.2) is 214 Å². The van der Waals surface area contributed by atoms with Crippen LogP contribution in [-0.2, 0) is 40.1 Å². The smallest absolute Gasteiger partial charge is 0.261 e. The van der Waals surface area contributed by atoms with Crippen molar-refractivity contribution in [3.05, 3.63) is 228 Å². The highest BCUT2D eigenvalue weighted by Crippen LogP contribution is 2.30. The maximum Gasteiger partial charge on any atom is 0.261 e. The van der Waals surface area contributed by atoms with E-state index in [-0.39, 0.29) is 19.6 Å². The number of hydrogen-bond acceptors (Lipinski definition) is 10. The molecule has 0 bridgehead atoms. The van der Waals surface area contributed by atoms with E-state index in [1.54, 1.807) is 133 Å². The molecular formula is C82H138N6O8S4. The highest BCUT2D eigenvalue weighted by Gasteiger charge is 2.19. The van der Waals surface area contributed by atoms with Crippen molar-refractivity contribution in [3.63, 3.8) is 0 Å². The zero-order valence-corrected chi connectivity index (χ0v) is 71.5. The molecule has 0 spiro atoms. The van der Waals surface area contributed by atoms with E-state index < -0.39 is 40.1 Å². The van der Waals surface area contributed by atoms with Crippen LogP contribution in [0.5, 0.6) is 0 Å². The molecule has 568 valence electrons. The zero-order valence-electron chi connectivity index (χ0n) is 68.3. The number of rotatable bonds is 14. The maximum absolute atomic E-state index is 12.4. The second-order valence-corrected chi connectivity index (χ2v) is 24.9. The van der Waals surface area contributed by atoms with E-state index in [0.29, 0.717) is 22.7 Å². The van der Waals surface area contributed by atoms with E-state index in [0.717, 1.165) is 44.8 Å². The van der Waals surface area contributed by atoms with Crippen molar-refractivity contribution in [2.75, 3.05) is 56.9 Å². The van der Waals surface area contributed by atoms with Gasteiger partial charge < -0.3 is 9.80 Å². The van der Waals surface area contributed by atoms with Crippen LogP contribution in [-0.4, -0.2) is 61.9 Å². The Morgan fingerprint density at radius 1 is 0.220 bits per heavy atom. The largest absolute Gasteiger partial charge is 0.376 e.